The fraction of sp³-hybridized carbons (Fsp3) is 0.476. The quantitative estimate of drug-likeness (QED) is 0.648. The Bertz CT molecular complexity index is 639. The third-order valence-electron chi connectivity index (χ3n) is 5.20. The maximum Gasteiger partial charge on any atom is 0.132 e. The molecule has 1 aliphatic rings. The Kier molecular flexibility index (Phi) is 5.09. The number of rotatable bonds is 4. The molecule has 1 nitrogen and oxygen atoms in total. The molecule has 0 N–H and O–H groups in total. The molecule has 0 bridgehead atoms. The normalized spacial score (nSPS) is 21.3. The van der Waals surface area contributed by atoms with Crippen LogP contribution in [0.1, 0.15) is 62.5 Å². The van der Waals surface area contributed by atoms with Gasteiger partial charge in [0.25, 0.3) is 0 Å². The highest BCUT2D eigenvalue weighted by atomic mass is 19.1. The Balaban J connectivity index is 1.70. The Labute approximate surface area is 139 Å². The maximum absolute atomic E-state index is 14.1. The van der Waals surface area contributed by atoms with E-state index in [4.69, 9.17) is 0 Å². The zero-order chi connectivity index (χ0) is 16.2. The number of hydrogen-bond donors (Lipinski definition) is 0. The second-order valence-corrected chi connectivity index (χ2v) is 6.97. The van der Waals surface area contributed by atoms with E-state index in [1.165, 1.54) is 44.1 Å². The number of halogens is 1. The van der Waals surface area contributed by atoms with Gasteiger partial charge in [-0.3, -0.25) is 4.98 Å². The SMILES string of the molecule is CCC[C@H]1CC[C@H](c2ccc(-c3ccc(C)cc3F)nc2)CC1. The molecule has 1 aromatic carbocycles. The van der Waals surface area contributed by atoms with Crippen molar-refractivity contribution in [2.45, 2.75) is 58.3 Å². The molecule has 1 aliphatic carbocycles. The largest absolute Gasteiger partial charge is 0.256 e. The molecule has 0 aliphatic heterocycles. The minimum atomic E-state index is -0.190. The van der Waals surface area contributed by atoms with E-state index < -0.39 is 0 Å². The van der Waals surface area contributed by atoms with E-state index in [1.807, 2.05) is 31.3 Å². The summed E-state index contributed by atoms with van der Waals surface area (Å²) in [6.07, 6.45) is 9.85. The molecular weight excluding hydrogens is 285 g/mol. The van der Waals surface area contributed by atoms with Crippen LogP contribution in [0.2, 0.25) is 0 Å². The molecule has 122 valence electrons. The van der Waals surface area contributed by atoms with E-state index >= 15 is 0 Å². The van der Waals surface area contributed by atoms with Crippen LogP contribution in [-0.4, -0.2) is 4.98 Å². The lowest BCUT2D eigenvalue weighted by Crippen LogP contribution is -2.13. The number of nitrogens with zero attached hydrogens (tertiary/aromatic N) is 1. The standard InChI is InChI=1S/C21H26FN/c1-3-4-16-6-8-17(9-7-16)18-10-12-21(23-14-18)19-11-5-15(2)13-20(19)22/h5,10-14,16-17H,3-4,6-9H2,1-2H3/t16-,17-. The first-order valence-electron chi connectivity index (χ1n) is 8.90. The third-order valence-corrected chi connectivity index (χ3v) is 5.20. The minimum absolute atomic E-state index is 0.190. The van der Waals surface area contributed by atoms with Crippen molar-refractivity contribution < 1.29 is 4.39 Å². The van der Waals surface area contributed by atoms with Gasteiger partial charge in [-0.05, 0) is 73.8 Å². The second kappa shape index (κ2) is 7.25. The van der Waals surface area contributed by atoms with E-state index in [9.17, 15) is 4.39 Å². The Hall–Kier alpha value is -1.70. The first-order valence-corrected chi connectivity index (χ1v) is 8.90. The molecule has 0 atom stereocenters. The predicted molar refractivity (Wildman–Crippen MR) is 94.0 cm³/mol. The summed E-state index contributed by atoms with van der Waals surface area (Å²) in [5.74, 6) is 1.36. The fourth-order valence-corrected chi connectivity index (χ4v) is 3.83. The average molecular weight is 311 g/mol. The van der Waals surface area contributed by atoms with Crippen molar-refractivity contribution in [1.29, 1.82) is 0 Å². The van der Waals surface area contributed by atoms with Crippen molar-refractivity contribution in [3.8, 4) is 11.3 Å². The molecule has 0 spiro atoms. The van der Waals surface area contributed by atoms with Crippen molar-refractivity contribution in [3.05, 3.63) is 53.5 Å². The topological polar surface area (TPSA) is 12.9 Å². The Morgan fingerprint density at radius 3 is 2.48 bits per heavy atom. The lowest BCUT2D eigenvalue weighted by Gasteiger charge is -2.28. The number of benzene rings is 1. The van der Waals surface area contributed by atoms with Crippen LogP contribution in [0.3, 0.4) is 0 Å². The molecule has 0 saturated heterocycles. The van der Waals surface area contributed by atoms with Crippen LogP contribution >= 0.6 is 0 Å². The van der Waals surface area contributed by atoms with Gasteiger partial charge in [-0.1, -0.05) is 31.9 Å². The van der Waals surface area contributed by atoms with Crippen molar-refractivity contribution in [2.24, 2.45) is 5.92 Å². The van der Waals surface area contributed by atoms with Crippen LogP contribution < -0.4 is 0 Å². The smallest absolute Gasteiger partial charge is 0.132 e. The van der Waals surface area contributed by atoms with Gasteiger partial charge >= 0.3 is 0 Å². The van der Waals surface area contributed by atoms with Crippen LogP contribution in [-0.2, 0) is 0 Å². The van der Waals surface area contributed by atoms with Crippen LogP contribution in [0.25, 0.3) is 11.3 Å². The van der Waals surface area contributed by atoms with Crippen molar-refractivity contribution >= 4 is 0 Å². The maximum atomic E-state index is 14.1. The van der Waals surface area contributed by atoms with Gasteiger partial charge in [0.15, 0.2) is 0 Å². The van der Waals surface area contributed by atoms with E-state index in [2.05, 4.69) is 18.0 Å². The van der Waals surface area contributed by atoms with Gasteiger partial charge in [-0.25, -0.2) is 4.39 Å². The zero-order valence-corrected chi connectivity index (χ0v) is 14.2. The summed E-state index contributed by atoms with van der Waals surface area (Å²) in [6.45, 7) is 4.18. The van der Waals surface area contributed by atoms with Crippen molar-refractivity contribution in [2.75, 3.05) is 0 Å². The molecule has 1 fully saturated rings. The summed E-state index contributed by atoms with van der Waals surface area (Å²) >= 11 is 0. The first kappa shape index (κ1) is 16.2. The molecule has 2 aromatic rings. The molecule has 0 unspecified atom stereocenters. The third kappa shape index (κ3) is 3.80. The summed E-state index contributed by atoms with van der Waals surface area (Å²) in [6, 6.07) is 9.44. The van der Waals surface area contributed by atoms with Gasteiger partial charge < -0.3 is 0 Å². The molecule has 0 amide bonds. The van der Waals surface area contributed by atoms with Crippen LogP contribution in [0, 0.1) is 18.7 Å². The predicted octanol–water partition coefficient (Wildman–Crippen LogP) is 6.27. The number of aryl methyl sites for hydroxylation is 1. The van der Waals surface area contributed by atoms with Gasteiger partial charge in [0.2, 0.25) is 0 Å². The molecule has 3 rings (SSSR count). The first-order chi connectivity index (χ1) is 11.2. The van der Waals surface area contributed by atoms with Crippen LogP contribution in [0.4, 0.5) is 4.39 Å². The zero-order valence-electron chi connectivity index (χ0n) is 14.2. The highest BCUT2D eigenvalue weighted by Gasteiger charge is 2.22. The molecule has 1 aromatic heterocycles. The van der Waals surface area contributed by atoms with E-state index in [0.717, 1.165) is 17.2 Å². The molecule has 2 heteroatoms. The van der Waals surface area contributed by atoms with Gasteiger partial charge in [0, 0.05) is 11.8 Å². The van der Waals surface area contributed by atoms with E-state index in [-0.39, 0.29) is 5.82 Å². The number of hydrogen-bond acceptors (Lipinski definition) is 1. The molecule has 1 heterocycles. The Morgan fingerprint density at radius 1 is 1.09 bits per heavy atom. The summed E-state index contributed by atoms with van der Waals surface area (Å²) in [5, 5.41) is 0. The van der Waals surface area contributed by atoms with Gasteiger partial charge in [0.05, 0.1) is 5.69 Å². The average Bonchev–Trinajstić information content (AvgIpc) is 2.56. The Morgan fingerprint density at radius 2 is 1.87 bits per heavy atom. The number of pyridine rings is 1. The monoisotopic (exact) mass is 311 g/mol. The van der Waals surface area contributed by atoms with E-state index in [0.29, 0.717) is 11.5 Å². The lowest BCUT2D eigenvalue weighted by atomic mass is 9.77. The molecular formula is C21H26FN. The molecule has 1 saturated carbocycles. The van der Waals surface area contributed by atoms with Gasteiger partial charge in [0.1, 0.15) is 5.82 Å². The lowest BCUT2D eigenvalue weighted by molar-refractivity contribution is 0.308. The summed E-state index contributed by atoms with van der Waals surface area (Å²) < 4.78 is 14.1. The minimum Gasteiger partial charge on any atom is -0.256 e. The highest BCUT2D eigenvalue weighted by Crippen LogP contribution is 2.37. The van der Waals surface area contributed by atoms with Gasteiger partial charge in [-0.2, -0.15) is 0 Å². The van der Waals surface area contributed by atoms with Gasteiger partial charge in [-0.15, -0.1) is 0 Å². The molecule has 0 radical (unpaired) electrons. The number of aromatic nitrogens is 1. The molecule has 23 heavy (non-hydrogen) atoms. The van der Waals surface area contributed by atoms with Crippen LogP contribution in [0.5, 0.6) is 0 Å². The van der Waals surface area contributed by atoms with E-state index in [1.54, 1.807) is 6.07 Å². The summed E-state index contributed by atoms with van der Waals surface area (Å²) in [5.41, 5.74) is 3.57. The fourth-order valence-electron chi connectivity index (χ4n) is 3.83. The van der Waals surface area contributed by atoms with Crippen molar-refractivity contribution in [3.63, 3.8) is 0 Å². The highest BCUT2D eigenvalue weighted by molar-refractivity contribution is 5.60. The second-order valence-electron chi connectivity index (χ2n) is 6.97. The summed E-state index contributed by atoms with van der Waals surface area (Å²) in [4.78, 5) is 4.53. The van der Waals surface area contributed by atoms with Crippen LogP contribution in [0.15, 0.2) is 36.5 Å². The van der Waals surface area contributed by atoms with Crippen molar-refractivity contribution in [1.82, 2.24) is 4.98 Å². The summed E-state index contributed by atoms with van der Waals surface area (Å²) in [7, 11) is 0.